The summed E-state index contributed by atoms with van der Waals surface area (Å²) in [5, 5.41) is 20.3. The molecule has 1 aromatic heterocycles. The second kappa shape index (κ2) is 5.57. The van der Waals surface area contributed by atoms with Crippen molar-refractivity contribution in [2.24, 2.45) is 0 Å². The first kappa shape index (κ1) is 14.8. The van der Waals surface area contributed by atoms with Crippen LogP contribution >= 0.6 is 0 Å². The van der Waals surface area contributed by atoms with Gasteiger partial charge in [-0.25, -0.2) is 0 Å². The van der Waals surface area contributed by atoms with Gasteiger partial charge in [-0.05, 0) is 24.0 Å². The molecule has 3 N–H and O–H groups in total. The minimum atomic E-state index is -0.587. The summed E-state index contributed by atoms with van der Waals surface area (Å²) >= 11 is 0. The van der Waals surface area contributed by atoms with Gasteiger partial charge in [0.2, 0.25) is 0 Å². The van der Waals surface area contributed by atoms with Crippen molar-refractivity contribution >= 4 is 5.91 Å². The number of aryl methyl sites for hydroxylation is 1. The van der Waals surface area contributed by atoms with Crippen LogP contribution in [-0.2, 0) is 6.42 Å². The van der Waals surface area contributed by atoms with E-state index < -0.39 is 6.10 Å². The van der Waals surface area contributed by atoms with Gasteiger partial charge in [-0.1, -0.05) is 38.1 Å². The summed E-state index contributed by atoms with van der Waals surface area (Å²) in [7, 11) is 0. The third-order valence-corrected chi connectivity index (χ3v) is 4.24. The molecule has 0 saturated carbocycles. The molecule has 5 nitrogen and oxygen atoms in total. The highest BCUT2D eigenvalue weighted by Gasteiger charge is 2.33. The molecule has 1 heterocycles. The highest BCUT2D eigenvalue weighted by molar-refractivity contribution is 5.97. The maximum absolute atomic E-state index is 12.7. The van der Waals surface area contributed by atoms with Crippen molar-refractivity contribution in [1.29, 1.82) is 0 Å². The van der Waals surface area contributed by atoms with Gasteiger partial charge < -0.3 is 10.4 Å². The second-order valence-electron chi connectivity index (χ2n) is 6.18. The Bertz CT molecular complexity index is 706. The molecule has 1 aliphatic carbocycles. The van der Waals surface area contributed by atoms with E-state index in [1.165, 1.54) is 0 Å². The minimum absolute atomic E-state index is 0.159. The summed E-state index contributed by atoms with van der Waals surface area (Å²) in [6.07, 6.45) is -0.0150. The molecule has 2 aromatic rings. The maximum Gasteiger partial charge on any atom is 0.255 e. The molecule has 0 radical (unpaired) electrons. The molecule has 3 rings (SSSR count). The molecular formula is C17H21N3O2. The van der Waals surface area contributed by atoms with Crippen LogP contribution in [0.3, 0.4) is 0 Å². The molecule has 1 aromatic carbocycles. The van der Waals surface area contributed by atoms with Gasteiger partial charge in [0.15, 0.2) is 0 Å². The number of aromatic nitrogens is 2. The van der Waals surface area contributed by atoms with E-state index in [1.54, 1.807) is 0 Å². The number of hydrogen-bond acceptors (Lipinski definition) is 3. The van der Waals surface area contributed by atoms with Crippen LogP contribution in [0.4, 0.5) is 0 Å². The summed E-state index contributed by atoms with van der Waals surface area (Å²) in [4.78, 5) is 12.7. The van der Waals surface area contributed by atoms with Crippen LogP contribution < -0.4 is 5.32 Å². The van der Waals surface area contributed by atoms with Crippen LogP contribution in [0, 0.1) is 6.92 Å². The van der Waals surface area contributed by atoms with Crippen LogP contribution in [0.5, 0.6) is 0 Å². The number of amides is 1. The molecule has 116 valence electrons. The van der Waals surface area contributed by atoms with Gasteiger partial charge in [-0.3, -0.25) is 9.89 Å². The molecule has 0 spiro atoms. The predicted molar refractivity (Wildman–Crippen MR) is 83.8 cm³/mol. The van der Waals surface area contributed by atoms with Gasteiger partial charge >= 0.3 is 0 Å². The first-order valence-electron chi connectivity index (χ1n) is 7.60. The Hall–Kier alpha value is -2.14. The highest BCUT2D eigenvalue weighted by atomic mass is 16.3. The Labute approximate surface area is 129 Å². The van der Waals surface area contributed by atoms with Crippen LogP contribution in [0.2, 0.25) is 0 Å². The lowest BCUT2D eigenvalue weighted by molar-refractivity contribution is 0.0856. The molecule has 22 heavy (non-hydrogen) atoms. The van der Waals surface area contributed by atoms with Gasteiger partial charge in [-0.15, -0.1) is 0 Å². The summed E-state index contributed by atoms with van der Waals surface area (Å²) in [6, 6.07) is 7.47. The lowest BCUT2D eigenvalue weighted by atomic mass is 10.0. The van der Waals surface area contributed by atoms with E-state index in [1.807, 2.05) is 45.0 Å². The zero-order chi connectivity index (χ0) is 15.9. The van der Waals surface area contributed by atoms with E-state index in [0.717, 1.165) is 22.5 Å². The van der Waals surface area contributed by atoms with E-state index in [2.05, 4.69) is 15.5 Å². The van der Waals surface area contributed by atoms with Crippen molar-refractivity contribution in [3.8, 4) is 0 Å². The van der Waals surface area contributed by atoms with E-state index in [9.17, 15) is 9.90 Å². The van der Waals surface area contributed by atoms with E-state index >= 15 is 0 Å². The number of hydrogen-bond donors (Lipinski definition) is 3. The third-order valence-electron chi connectivity index (χ3n) is 4.24. The Morgan fingerprint density at radius 1 is 1.41 bits per heavy atom. The molecule has 1 amide bonds. The largest absolute Gasteiger partial charge is 0.390 e. The fourth-order valence-corrected chi connectivity index (χ4v) is 3.11. The standard InChI is InChI=1S/C17H21N3O2/c1-9(2)15-14(10(3)19-20-15)17(22)18-16-12-7-5-4-6-11(12)8-13(16)21/h4-7,9,13,16,21H,8H2,1-3H3,(H,18,22)(H,19,20)/t13-,16-/m0/s1. The fourth-order valence-electron chi connectivity index (χ4n) is 3.11. The molecule has 0 unspecified atom stereocenters. The Balaban J connectivity index is 1.88. The number of aliphatic hydroxyl groups excluding tert-OH is 1. The average molecular weight is 299 g/mol. The minimum Gasteiger partial charge on any atom is -0.390 e. The number of fused-ring (bicyclic) bond motifs is 1. The van der Waals surface area contributed by atoms with Crippen LogP contribution in [-0.4, -0.2) is 27.3 Å². The Morgan fingerprint density at radius 3 is 2.86 bits per heavy atom. The summed E-state index contributed by atoms with van der Waals surface area (Å²) < 4.78 is 0. The lowest BCUT2D eigenvalue weighted by Crippen LogP contribution is -2.34. The molecule has 0 fully saturated rings. The van der Waals surface area contributed by atoms with Crippen molar-refractivity contribution in [2.75, 3.05) is 0 Å². The summed E-state index contributed by atoms with van der Waals surface area (Å²) in [5.74, 6) is -0.0257. The van der Waals surface area contributed by atoms with Gasteiger partial charge in [-0.2, -0.15) is 5.10 Å². The quantitative estimate of drug-likeness (QED) is 0.813. The van der Waals surface area contributed by atoms with Crippen molar-refractivity contribution in [3.05, 3.63) is 52.3 Å². The number of rotatable bonds is 3. The van der Waals surface area contributed by atoms with Crippen molar-refractivity contribution in [3.63, 3.8) is 0 Å². The number of nitrogens with one attached hydrogen (secondary N) is 2. The average Bonchev–Trinajstić information content (AvgIpc) is 3.00. The van der Waals surface area contributed by atoms with Gasteiger partial charge in [0.05, 0.1) is 23.4 Å². The van der Waals surface area contributed by atoms with Gasteiger partial charge in [0.1, 0.15) is 0 Å². The zero-order valence-electron chi connectivity index (χ0n) is 13.1. The van der Waals surface area contributed by atoms with Crippen LogP contribution in [0.1, 0.15) is 58.7 Å². The first-order valence-corrected chi connectivity index (χ1v) is 7.60. The SMILES string of the molecule is Cc1[nH]nc(C(C)C)c1C(=O)N[C@H]1c2ccccc2C[C@@H]1O. The summed E-state index contributed by atoms with van der Waals surface area (Å²) in [5.41, 5.74) is 4.19. The summed E-state index contributed by atoms with van der Waals surface area (Å²) in [6.45, 7) is 5.85. The van der Waals surface area contributed by atoms with E-state index in [4.69, 9.17) is 0 Å². The monoisotopic (exact) mass is 299 g/mol. The smallest absolute Gasteiger partial charge is 0.255 e. The number of aromatic amines is 1. The number of aliphatic hydroxyl groups is 1. The van der Waals surface area contributed by atoms with Crippen molar-refractivity contribution in [1.82, 2.24) is 15.5 Å². The third kappa shape index (κ3) is 2.41. The predicted octanol–water partition coefficient (Wildman–Crippen LogP) is 2.23. The second-order valence-corrected chi connectivity index (χ2v) is 6.18. The fraction of sp³-hybridized carbons (Fsp3) is 0.412. The van der Waals surface area contributed by atoms with Crippen molar-refractivity contribution in [2.45, 2.75) is 45.3 Å². The Morgan fingerprint density at radius 2 is 2.14 bits per heavy atom. The molecule has 0 aliphatic heterocycles. The number of nitrogens with zero attached hydrogens (tertiary/aromatic N) is 1. The number of benzene rings is 1. The molecule has 5 heteroatoms. The lowest BCUT2D eigenvalue weighted by Gasteiger charge is -2.18. The van der Waals surface area contributed by atoms with Crippen LogP contribution in [0.15, 0.2) is 24.3 Å². The van der Waals surface area contributed by atoms with Gasteiger partial charge in [0.25, 0.3) is 5.91 Å². The van der Waals surface area contributed by atoms with E-state index in [0.29, 0.717) is 12.0 Å². The topological polar surface area (TPSA) is 78.0 Å². The molecule has 1 aliphatic rings. The normalized spacial score (nSPS) is 20.2. The molecule has 2 atom stereocenters. The molecule has 0 bridgehead atoms. The zero-order valence-corrected chi connectivity index (χ0v) is 13.1. The highest BCUT2D eigenvalue weighted by Crippen LogP contribution is 2.32. The van der Waals surface area contributed by atoms with Gasteiger partial charge in [0, 0.05) is 12.1 Å². The molecular weight excluding hydrogens is 278 g/mol. The van der Waals surface area contributed by atoms with Crippen LogP contribution in [0.25, 0.3) is 0 Å². The number of H-pyrrole nitrogens is 1. The molecule has 0 saturated heterocycles. The van der Waals surface area contributed by atoms with Crippen molar-refractivity contribution < 1.29 is 9.90 Å². The number of carbonyl (C=O) groups excluding carboxylic acids is 1. The van der Waals surface area contributed by atoms with E-state index in [-0.39, 0.29) is 17.9 Å². The Kier molecular flexibility index (Phi) is 3.74. The number of carbonyl (C=O) groups is 1. The first-order chi connectivity index (χ1) is 10.5. The maximum atomic E-state index is 12.7.